The molecule has 2 aromatic heterocycles. The number of hydrogen-bond acceptors (Lipinski definition) is 7. The van der Waals surface area contributed by atoms with E-state index in [0.29, 0.717) is 30.4 Å². The highest BCUT2D eigenvalue weighted by molar-refractivity contribution is 7.99. The van der Waals surface area contributed by atoms with E-state index < -0.39 is 10.0 Å². The normalized spacial score (nSPS) is 15.4. The molecule has 4 rings (SSSR count). The number of aromatic nitrogens is 3. The zero-order chi connectivity index (χ0) is 22.4. The van der Waals surface area contributed by atoms with Crippen molar-refractivity contribution in [2.24, 2.45) is 0 Å². The molecule has 3 heterocycles. The highest BCUT2D eigenvalue weighted by atomic mass is 32.2. The third-order valence-electron chi connectivity index (χ3n) is 5.09. The van der Waals surface area contributed by atoms with Gasteiger partial charge in [-0.1, -0.05) is 36.7 Å². The van der Waals surface area contributed by atoms with E-state index in [1.807, 2.05) is 17.5 Å². The molecule has 170 valence electrons. The first-order valence-electron chi connectivity index (χ1n) is 10.5. The van der Waals surface area contributed by atoms with Gasteiger partial charge < -0.3 is 5.32 Å². The number of anilines is 1. The van der Waals surface area contributed by atoms with Crippen molar-refractivity contribution >= 4 is 44.7 Å². The van der Waals surface area contributed by atoms with Crippen LogP contribution in [0.5, 0.6) is 0 Å². The van der Waals surface area contributed by atoms with Crippen molar-refractivity contribution in [1.29, 1.82) is 0 Å². The fourth-order valence-electron chi connectivity index (χ4n) is 3.49. The molecule has 2 N–H and O–H groups in total. The van der Waals surface area contributed by atoms with Gasteiger partial charge >= 0.3 is 0 Å². The molecule has 0 radical (unpaired) electrons. The number of aromatic amines is 1. The first-order chi connectivity index (χ1) is 15.5. The molecular weight excluding hydrogens is 466 g/mol. The largest absolute Gasteiger partial charge is 0.325 e. The Balaban J connectivity index is 1.33. The predicted octanol–water partition coefficient (Wildman–Crippen LogP) is 3.75. The number of hydrogen-bond donors (Lipinski definition) is 2. The van der Waals surface area contributed by atoms with Gasteiger partial charge in [0.25, 0.3) is 0 Å². The summed E-state index contributed by atoms with van der Waals surface area (Å²) in [5.41, 5.74) is 0.458. The van der Waals surface area contributed by atoms with Crippen LogP contribution in [0.3, 0.4) is 0 Å². The Morgan fingerprint density at radius 2 is 1.97 bits per heavy atom. The molecule has 1 amide bonds. The van der Waals surface area contributed by atoms with Crippen LogP contribution in [0.1, 0.15) is 36.4 Å². The van der Waals surface area contributed by atoms with Gasteiger partial charge in [-0.3, -0.25) is 9.89 Å². The minimum absolute atomic E-state index is 0.124. The summed E-state index contributed by atoms with van der Waals surface area (Å²) in [5.74, 6) is 0.630. The van der Waals surface area contributed by atoms with E-state index in [1.165, 1.54) is 22.7 Å². The van der Waals surface area contributed by atoms with Gasteiger partial charge in [-0.15, -0.1) is 16.4 Å². The van der Waals surface area contributed by atoms with Gasteiger partial charge in [0.15, 0.2) is 0 Å². The summed E-state index contributed by atoms with van der Waals surface area (Å²) in [5, 5.41) is 12.3. The first kappa shape index (κ1) is 23.0. The van der Waals surface area contributed by atoms with Crippen LogP contribution in [0.15, 0.2) is 51.8 Å². The first-order valence-corrected chi connectivity index (χ1v) is 13.8. The highest BCUT2D eigenvalue weighted by Gasteiger charge is 2.25. The van der Waals surface area contributed by atoms with Gasteiger partial charge in [0, 0.05) is 30.1 Å². The van der Waals surface area contributed by atoms with Crippen LogP contribution in [0.25, 0.3) is 0 Å². The van der Waals surface area contributed by atoms with E-state index in [9.17, 15) is 13.2 Å². The van der Waals surface area contributed by atoms with E-state index in [0.717, 1.165) is 31.5 Å². The molecule has 1 aliphatic rings. The van der Waals surface area contributed by atoms with Crippen molar-refractivity contribution in [1.82, 2.24) is 19.5 Å². The average molecular weight is 492 g/mol. The molecule has 1 saturated heterocycles. The molecule has 11 heteroatoms. The molecule has 3 aromatic rings. The monoisotopic (exact) mass is 491 g/mol. The average Bonchev–Trinajstić information content (AvgIpc) is 3.37. The zero-order valence-electron chi connectivity index (χ0n) is 17.5. The summed E-state index contributed by atoms with van der Waals surface area (Å²) in [4.78, 5) is 18.2. The van der Waals surface area contributed by atoms with E-state index in [-0.39, 0.29) is 16.6 Å². The Labute approximate surface area is 195 Å². The maximum absolute atomic E-state index is 13.0. The number of nitrogens with zero attached hydrogens (tertiary/aromatic N) is 3. The maximum atomic E-state index is 13.0. The fourth-order valence-corrected chi connectivity index (χ4v) is 6.38. The topological polar surface area (TPSA) is 108 Å². The molecule has 1 fully saturated rings. The summed E-state index contributed by atoms with van der Waals surface area (Å²) in [7, 11) is -3.56. The summed E-state index contributed by atoms with van der Waals surface area (Å²) in [6.07, 6.45) is 4.54. The van der Waals surface area contributed by atoms with E-state index in [4.69, 9.17) is 0 Å². The number of sulfonamides is 1. The van der Waals surface area contributed by atoms with Gasteiger partial charge in [-0.2, -0.15) is 4.31 Å². The summed E-state index contributed by atoms with van der Waals surface area (Å²) in [6.45, 7) is 1.08. The number of thioether (sulfide) groups is 1. The lowest BCUT2D eigenvalue weighted by Gasteiger charge is -2.20. The molecule has 0 atom stereocenters. The standard InChI is InChI=1S/C21H25N5O3S3/c27-20(15-31-21-23-19(24-25-21)14-17-8-6-12-30-17)22-16-7-5-9-18(13-16)32(28,29)26-10-3-1-2-4-11-26/h5-9,12-13H,1-4,10-11,14-15H2,(H,22,27)(H,23,24,25). The van der Waals surface area contributed by atoms with Crippen LogP contribution in [-0.2, 0) is 21.2 Å². The Kier molecular flexibility index (Phi) is 7.61. The van der Waals surface area contributed by atoms with Gasteiger partial charge in [0.05, 0.1) is 10.6 Å². The molecule has 8 nitrogen and oxygen atoms in total. The number of carbonyl (C=O) groups is 1. The van der Waals surface area contributed by atoms with Gasteiger partial charge in [0.2, 0.25) is 21.1 Å². The molecule has 32 heavy (non-hydrogen) atoms. The number of carbonyl (C=O) groups excluding carboxylic acids is 1. The molecule has 0 bridgehead atoms. The highest BCUT2D eigenvalue weighted by Crippen LogP contribution is 2.23. The van der Waals surface area contributed by atoms with Crippen molar-refractivity contribution < 1.29 is 13.2 Å². The molecule has 0 aliphatic carbocycles. The number of H-pyrrole nitrogens is 1. The second-order valence-corrected chi connectivity index (χ2v) is 11.4. The Hall–Kier alpha value is -2.21. The number of nitrogens with one attached hydrogen (secondary N) is 2. The summed E-state index contributed by atoms with van der Waals surface area (Å²) >= 11 is 2.88. The molecular formula is C21H25N5O3S3. The molecule has 1 aliphatic heterocycles. The fraction of sp³-hybridized carbons (Fsp3) is 0.381. The summed E-state index contributed by atoms with van der Waals surface area (Å²) < 4.78 is 27.5. The Bertz CT molecular complexity index is 1140. The van der Waals surface area contributed by atoms with E-state index >= 15 is 0 Å². The van der Waals surface area contributed by atoms with E-state index in [1.54, 1.807) is 33.8 Å². The van der Waals surface area contributed by atoms with Crippen molar-refractivity contribution in [3.63, 3.8) is 0 Å². The van der Waals surface area contributed by atoms with Crippen LogP contribution in [-0.4, -0.2) is 52.7 Å². The van der Waals surface area contributed by atoms with Crippen molar-refractivity contribution in [2.75, 3.05) is 24.2 Å². The van der Waals surface area contributed by atoms with Crippen molar-refractivity contribution in [2.45, 2.75) is 42.2 Å². The predicted molar refractivity (Wildman–Crippen MR) is 127 cm³/mol. The lowest BCUT2D eigenvalue weighted by molar-refractivity contribution is -0.113. The van der Waals surface area contributed by atoms with Crippen LogP contribution >= 0.6 is 23.1 Å². The lowest BCUT2D eigenvalue weighted by atomic mass is 10.2. The van der Waals surface area contributed by atoms with Gasteiger partial charge in [-0.25, -0.2) is 13.4 Å². The minimum atomic E-state index is -3.56. The van der Waals surface area contributed by atoms with Crippen molar-refractivity contribution in [3.8, 4) is 0 Å². The van der Waals surface area contributed by atoms with Crippen LogP contribution in [0.2, 0.25) is 0 Å². The Morgan fingerprint density at radius 1 is 1.16 bits per heavy atom. The summed E-state index contributed by atoms with van der Waals surface area (Å²) in [6, 6.07) is 10.5. The number of thiophene rings is 1. The van der Waals surface area contributed by atoms with Crippen LogP contribution < -0.4 is 5.32 Å². The molecule has 0 unspecified atom stereocenters. The number of rotatable bonds is 8. The maximum Gasteiger partial charge on any atom is 0.243 e. The smallest absolute Gasteiger partial charge is 0.243 e. The quantitative estimate of drug-likeness (QED) is 0.465. The number of amides is 1. The van der Waals surface area contributed by atoms with Crippen LogP contribution in [0.4, 0.5) is 5.69 Å². The number of benzene rings is 1. The lowest BCUT2D eigenvalue weighted by Crippen LogP contribution is -2.32. The molecule has 0 saturated carbocycles. The van der Waals surface area contributed by atoms with Crippen LogP contribution in [0, 0.1) is 0 Å². The zero-order valence-corrected chi connectivity index (χ0v) is 19.9. The minimum Gasteiger partial charge on any atom is -0.325 e. The van der Waals surface area contributed by atoms with Gasteiger partial charge in [-0.05, 0) is 42.5 Å². The third kappa shape index (κ3) is 5.97. The molecule has 1 aromatic carbocycles. The van der Waals surface area contributed by atoms with Crippen molar-refractivity contribution in [3.05, 3.63) is 52.5 Å². The third-order valence-corrected chi connectivity index (χ3v) is 8.70. The van der Waals surface area contributed by atoms with Gasteiger partial charge in [0.1, 0.15) is 5.82 Å². The second-order valence-electron chi connectivity index (χ2n) is 7.50. The molecule has 0 spiro atoms. The van der Waals surface area contributed by atoms with E-state index in [2.05, 4.69) is 20.5 Å². The second kappa shape index (κ2) is 10.6. The SMILES string of the molecule is O=C(CSc1n[nH]c(Cc2cccs2)n1)Nc1cccc(S(=O)(=O)N2CCCCCC2)c1. The Morgan fingerprint density at radius 3 is 2.72 bits per heavy atom.